The van der Waals surface area contributed by atoms with Crippen molar-refractivity contribution in [1.82, 2.24) is 19.7 Å². The summed E-state index contributed by atoms with van der Waals surface area (Å²) in [5, 5.41) is 0.646. The Kier molecular flexibility index (Phi) is 6.15. The fourth-order valence-corrected chi connectivity index (χ4v) is 4.04. The first kappa shape index (κ1) is 20.5. The van der Waals surface area contributed by atoms with E-state index in [0.29, 0.717) is 24.0 Å². The summed E-state index contributed by atoms with van der Waals surface area (Å²) < 4.78 is 13.4. The average molecular weight is 388 g/mol. The number of pyridine rings is 1. The van der Waals surface area contributed by atoms with Gasteiger partial charge >= 0.3 is 0 Å². The van der Waals surface area contributed by atoms with Crippen LogP contribution in [0.3, 0.4) is 0 Å². The number of rotatable bonds is 5. The van der Waals surface area contributed by atoms with E-state index in [0.717, 1.165) is 19.5 Å². The molecule has 1 aromatic heterocycles. The normalized spacial score (nSPS) is 20.9. The molecule has 2 aromatic rings. The van der Waals surface area contributed by atoms with Crippen molar-refractivity contribution in [2.45, 2.75) is 32.4 Å². The zero-order valence-electron chi connectivity index (χ0n) is 17.0. The van der Waals surface area contributed by atoms with Gasteiger partial charge in [0.15, 0.2) is 0 Å². The highest BCUT2D eigenvalue weighted by atomic mass is 19.1. The molecule has 1 saturated heterocycles. The van der Waals surface area contributed by atoms with Crippen molar-refractivity contribution in [3.8, 4) is 0 Å². The van der Waals surface area contributed by atoms with E-state index in [9.17, 15) is 14.0 Å². The van der Waals surface area contributed by atoms with Crippen LogP contribution in [0.15, 0.2) is 29.1 Å². The van der Waals surface area contributed by atoms with E-state index in [1.807, 2.05) is 0 Å². The number of amides is 1. The standard InChI is InChI=1S/C21H29FN4O2/c1-14-12-25(13-15(2)26(14)9-5-8-24(3)4)21(28)18-10-16-6-7-17(22)11-19(16)23-20(18)27/h6-7,10-11,14-15H,5,8-9,12-13H2,1-4H3,(H,23,27). The van der Waals surface area contributed by atoms with Crippen LogP contribution in [0.4, 0.5) is 4.39 Å². The number of halogens is 1. The van der Waals surface area contributed by atoms with Crippen molar-refractivity contribution in [2.75, 3.05) is 40.3 Å². The molecule has 1 aliphatic heterocycles. The lowest BCUT2D eigenvalue weighted by molar-refractivity contribution is 0.0294. The molecule has 2 atom stereocenters. The van der Waals surface area contributed by atoms with Gasteiger partial charge in [-0.25, -0.2) is 4.39 Å². The number of nitrogens with one attached hydrogen (secondary N) is 1. The van der Waals surface area contributed by atoms with Gasteiger partial charge in [0.25, 0.3) is 11.5 Å². The molecule has 1 aliphatic rings. The van der Waals surface area contributed by atoms with Crippen molar-refractivity contribution in [2.24, 2.45) is 0 Å². The van der Waals surface area contributed by atoms with Crippen LogP contribution in [0.1, 0.15) is 30.6 Å². The predicted octanol–water partition coefficient (Wildman–Crippen LogP) is 2.15. The first-order valence-electron chi connectivity index (χ1n) is 9.78. The maximum absolute atomic E-state index is 13.4. The summed E-state index contributed by atoms with van der Waals surface area (Å²) in [5.74, 6) is -0.686. The van der Waals surface area contributed by atoms with Crippen molar-refractivity contribution >= 4 is 16.8 Å². The molecule has 2 unspecified atom stereocenters. The van der Waals surface area contributed by atoms with Crippen LogP contribution in [0.2, 0.25) is 0 Å². The Balaban J connectivity index is 1.75. The molecule has 6 nitrogen and oxygen atoms in total. The Morgan fingerprint density at radius 3 is 2.54 bits per heavy atom. The van der Waals surface area contributed by atoms with Crippen LogP contribution in [-0.4, -0.2) is 77.9 Å². The smallest absolute Gasteiger partial charge is 0.261 e. The molecular formula is C21H29FN4O2. The third kappa shape index (κ3) is 4.42. The van der Waals surface area contributed by atoms with E-state index in [4.69, 9.17) is 0 Å². The molecule has 0 radical (unpaired) electrons. The minimum Gasteiger partial charge on any atom is -0.335 e. The number of benzene rings is 1. The van der Waals surface area contributed by atoms with Gasteiger partial charge in [-0.1, -0.05) is 0 Å². The van der Waals surface area contributed by atoms with Gasteiger partial charge in [-0.05, 0) is 70.6 Å². The van der Waals surface area contributed by atoms with E-state index in [1.54, 1.807) is 17.0 Å². The monoisotopic (exact) mass is 388 g/mol. The second-order valence-electron chi connectivity index (χ2n) is 8.05. The highest BCUT2D eigenvalue weighted by Gasteiger charge is 2.32. The Morgan fingerprint density at radius 1 is 1.21 bits per heavy atom. The number of carbonyl (C=O) groups is 1. The predicted molar refractivity (Wildman–Crippen MR) is 109 cm³/mol. The van der Waals surface area contributed by atoms with Gasteiger partial charge in [0.05, 0.1) is 5.52 Å². The molecule has 7 heteroatoms. The summed E-state index contributed by atoms with van der Waals surface area (Å²) in [6.07, 6.45) is 1.08. The first-order chi connectivity index (χ1) is 13.3. The lowest BCUT2D eigenvalue weighted by atomic mass is 10.1. The van der Waals surface area contributed by atoms with Gasteiger partial charge in [0, 0.05) is 31.7 Å². The number of carbonyl (C=O) groups excluding carboxylic acids is 1. The fourth-order valence-electron chi connectivity index (χ4n) is 4.04. The van der Waals surface area contributed by atoms with Crippen LogP contribution in [0, 0.1) is 5.82 Å². The lowest BCUT2D eigenvalue weighted by Gasteiger charge is -2.44. The summed E-state index contributed by atoms with van der Waals surface area (Å²) >= 11 is 0. The fraction of sp³-hybridized carbons (Fsp3) is 0.524. The van der Waals surface area contributed by atoms with Crippen LogP contribution in [0.5, 0.6) is 0 Å². The van der Waals surface area contributed by atoms with Gasteiger partial charge in [-0.15, -0.1) is 0 Å². The average Bonchev–Trinajstić information content (AvgIpc) is 2.62. The number of nitrogens with zero attached hydrogens (tertiary/aromatic N) is 3. The van der Waals surface area contributed by atoms with Crippen LogP contribution >= 0.6 is 0 Å². The van der Waals surface area contributed by atoms with E-state index in [1.165, 1.54) is 12.1 Å². The lowest BCUT2D eigenvalue weighted by Crippen LogP contribution is -2.58. The number of aromatic nitrogens is 1. The Labute approximate surface area is 164 Å². The van der Waals surface area contributed by atoms with Crippen molar-refractivity contribution in [3.05, 3.63) is 46.0 Å². The molecule has 1 aromatic carbocycles. The summed E-state index contributed by atoms with van der Waals surface area (Å²) in [5.41, 5.74) is 0.0328. The quantitative estimate of drug-likeness (QED) is 0.853. The molecule has 1 fully saturated rings. The number of H-pyrrole nitrogens is 1. The van der Waals surface area contributed by atoms with Crippen molar-refractivity contribution in [3.63, 3.8) is 0 Å². The molecule has 0 spiro atoms. The molecule has 3 rings (SSSR count). The Bertz CT molecular complexity index is 899. The zero-order chi connectivity index (χ0) is 20.4. The molecule has 28 heavy (non-hydrogen) atoms. The topological polar surface area (TPSA) is 59.7 Å². The SMILES string of the molecule is CC1CN(C(=O)c2cc3ccc(F)cc3[nH]c2=O)CC(C)N1CCCN(C)C. The van der Waals surface area contributed by atoms with Crippen LogP contribution in [0.25, 0.3) is 10.9 Å². The molecule has 152 valence electrons. The molecular weight excluding hydrogens is 359 g/mol. The van der Waals surface area contributed by atoms with Gasteiger partial charge < -0.3 is 14.8 Å². The Hall–Kier alpha value is -2.25. The highest BCUT2D eigenvalue weighted by Crippen LogP contribution is 2.19. The molecule has 1 amide bonds. The van der Waals surface area contributed by atoms with Crippen molar-refractivity contribution in [1.29, 1.82) is 0 Å². The maximum atomic E-state index is 13.4. The highest BCUT2D eigenvalue weighted by molar-refractivity contribution is 5.97. The molecule has 0 saturated carbocycles. The van der Waals surface area contributed by atoms with Gasteiger partial charge in [-0.3, -0.25) is 14.5 Å². The van der Waals surface area contributed by atoms with Gasteiger partial charge in [0.1, 0.15) is 11.4 Å². The molecule has 1 N–H and O–H groups in total. The van der Waals surface area contributed by atoms with Crippen LogP contribution in [-0.2, 0) is 0 Å². The van der Waals surface area contributed by atoms with E-state index in [2.05, 4.69) is 42.7 Å². The summed E-state index contributed by atoms with van der Waals surface area (Å²) in [7, 11) is 4.14. The van der Waals surface area contributed by atoms with E-state index >= 15 is 0 Å². The first-order valence-corrected chi connectivity index (χ1v) is 9.78. The van der Waals surface area contributed by atoms with E-state index in [-0.39, 0.29) is 23.6 Å². The number of hydrogen-bond donors (Lipinski definition) is 1. The summed E-state index contributed by atoms with van der Waals surface area (Å²) in [4.78, 5) is 34.5. The van der Waals surface area contributed by atoms with Gasteiger partial charge in [-0.2, -0.15) is 0 Å². The second-order valence-corrected chi connectivity index (χ2v) is 8.05. The second kappa shape index (κ2) is 8.41. The largest absolute Gasteiger partial charge is 0.335 e. The summed E-state index contributed by atoms with van der Waals surface area (Å²) in [6, 6.07) is 6.18. The van der Waals surface area contributed by atoms with Crippen molar-refractivity contribution < 1.29 is 9.18 Å². The molecule has 0 bridgehead atoms. The van der Waals surface area contributed by atoms with Crippen LogP contribution < -0.4 is 5.56 Å². The maximum Gasteiger partial charge on any atom is 0.261 e. The van der Waals surface area contributed by atoms with E-state index < -0.39 is 11.4 Å². The van der Waals surface area contributed by atoms with Gasteiger partial charge in [0.2, 0.25) is 0 Å². The number of piperazine rings is 1. The molecule has 2 heterocycles. The Morgan fingerprint density at radius 2 is 1.89 bits per heavy atom. The summed E-state index contributed by atoms with van der Waals surface area (Å²) in [6.45, 7) is 7.45. The zero-order valence-corrected chi connectivity index (χ0v) is 17.0. The minimum absolute atomic E-state index is 0.111. The number of hydrogen-bond acceptors (Lipinski definition) is 4. The molecule has 0 aliphatic carbocycles. The minimum atomic E-state index is -0.475. The number of fused-ring (bicyclic) bond motifs is 1. The third-order valence-electron chi connectivity index (χ3n) is 5.45. The number of aromatic amines is 1. The third-order valence-corrected chi connectivity index (χ3v) is 5.45.